The molecule has 3 rings (SSSR count). The van der Waals surface area contributed by atoms with E-state index >= 15 is 0 Å². The summed E-state index contributed by atoms with van der Waals surface area (Å²) in [6.45, 7) is 2.52. The first-order chi connectivity index (χ1) is 14.4. The minimum Gasteiger partial charge on any atom is -0.292 e. The Morgan fingerprint density at radius 2 is 1.33 bits per heavy atom. The maximum absolute atomic E-state index is 14.7. The molecular weight excluding hydrogens is 401 g/mol. The Balaban J connectivity index is 1.63. The van der Waals surface area contributed by atoms with E-state index in [2.05, 4.69) is 0 Å². The van der Waals surface area contributed by atoms with Gasteiger partial charge in [-0.15, -0.1) is 0 Å². The van der Waals surface area contributed by atoms with Gasteiger partial charge in [0.2, 0.25) is 0 Å². The molecule has 0 bridgehead atoms. The van der Waals surface area contributed by atoms with Gasteiger partial charge in [-0.05, 0) is 30.2 Å². The van der Waals surface area contributed by atoms with Crippen LogP contribution in [0, 0.1) is 6.92 Å². The van der Waals surface area contributed by atoms with Crippen LogP contribution in [-0.2, 0) is 27.4 Å². The molecule has 0 aliphatic rings. The standard InChI is InChI=1S/C24H26FNO3S/c1-20-12-14-24(15-13-20)30(27,28)29-19-23(25)18-26(16-21-8-4-2-5-9-21)17-22-10-6-3-7-11-22/h2-15,23H,16-19H2,1H3/t23-/m0/s1. The summed E-state index contributed by atoms with van der Waals surface area (Å²) in [4.78, 5) is 1.99. The predicted molar refractivity (Wildman–Crippen MR) is 116 cm³/mol. The predicted octanol–water partition coefficient (Wildman–Crippen LogP) is 4.74. The van der Waals surface area contributed by atoms with Gasteiger partial charge < -0.3 is 0 Å². The highest BCUT2D eigenvalue weighted by molar-refractivity contribution is 7.86. The molecule has 0 unspecified atom stereocenters. The van der Waals surface area contributed by atoms with E-state index in [-0.39, 0.29) is 11.4 Å². The van der Waals surface area contributed by atoms with E-state index in [9.17, 15) is 12.8 Å². The summed E-state index contributed by atoms with van der Waals surface area (Å²) in [5.74, 6) is 0. The van der Waals surface area contributed by atoms with E-state index in [1.807, 2.05) is 72.5 Å². The molecule has 0 saturated carbocycles. The van der Waals surface area contributed by atoms with E-state index in [0.717, 1.165) is 16.7 Å². The number of alkyl halides is 1. The molecule has 0 heterocycles. The van der Waals surface area contributed by atoms with Crippen LogP contribution in [0.5, 0.6) is 0 Å². The van der Waals surface area contributed by atoms with Gasteiger partial charge in [0.05, 0.1) is 11.5 Å². The highest BCUT2D eigenvalue weighted by Gasteiger charge is 2.20. The average molecular weight is 428 g/mol. The SMILES string of the molecule is Cc1ccc(S(=O)(=O)OC[C@@H](F)CN(Cc2ccccc2)Cc2ccccc2)cc1. The van der Waals surface area contributed by atoms with Crippen molar-refractivity contribution in [3.8, 4) is 0 Å². The minimum atomic E-state index is -3.98. The van der Waals surface area contributed by atoms with Gasteiger partial charge in [0, 0.05) is 19.6 Å². The van der Waals surface area contributed by atoms with Crippen molar-refractivity contribution in [3.05, 3.63) is 102 Å². The number of halogens is 1. The topological polar surface area (TPSA) is 46.6 Å². The number of nitrogens with zero attached hydrogens (tertiary/aromatic N) is 1. The lowest BCUT2D eigenvalue weighted by atomic mass is 10.1. The van der Waals surface area contributed by atoms with Crippen LogP contribution in [0.3, 0.4) is 0 Å². The first-order valence-electron chi connectivity index (χ1n) is 9.83. The molecule has 0 N–H and O–H groups in total. The first-order valence-corrected chi connectivity index (χ1v) is 11.2. The van der Waals surface area contributed by atoms with Crippen molar-refractivity contribution in [2.24, 2.45) is 0 Å². The quantitative estimate of drug-likeness (QED) is 0.439. The van der Waals surface area contributed by atoms with Crippen molar-refractivity contribution in [1.82, 2.24) is 4.90 Å². The van der Waals surface area contributed by atoms with Crippen LogP contribution in [0.15, 0.2) is 89.8 Å². The highest BCUT2D eigenvalue weighted by atomic mass is 32.2. The van der Waals surface area contributed by atoms with E-state index in [1.54, 1.807) is 12.1 Å². The number of benzene rings is 3. The van der Waals surface area contributed by atoms with E-state index in [1.165, 1.54) is 12.1 Å². The number of rotatable bonds is 10. The molecule has 4 nitrogen and oxygen atoms in total. The molecule has 0 aromatic heterocycles. The lowest BCUT2D eigenvalue weighted by Gasteiger charge is -2.24. The lowest BCUT2D eigenvalue weighted by molar-refractivity contribution is 0.131. The van der Waals surface area contributed by atoms with Crippen LogP contribution >= 0.6 is 0 Å². The molecule has 0 spiro atoms. The molecule has 0 radical (unpaired) electrons. The van der Waals surface area contributed by atoms with Crippen LogP contribution in [-0.4, -0.2) is 32.6 Å². The van der Waals surface area contributed by atoms with Crippen LogP contribution in [0.2, 0.25) is 0 Å². The summed E-state index contributed by atoms with van der Waals surface area (Å²) in [7, 11) is -3.98. The van der Waals surface area contributed by atoms with E-state index in [4.69, 9.17) is 4.18 Å². The summed E-state index contributed by atoms with van der Waals surface area (Å²) >= 11 is 0. The Labute approximate surface area is 178 Å². The molecule has 0 saturated heterocycles. The van der Waals surface area contributed by atoms with Crippen LogP contribution < -0.4 is 0 Å². The molecule has 30 heavy (non-hydrogen) atoms. The molecule has 3 aromatic rings. The third-order valence-corrected chi connectivity index (χ3v) is 5.96. The average Bonchev–Trinajstić information content (AvgIpc) is 2.74. The van der Waals surface area contributed by atoms with Crippen LogP contribution in [0.25, 0.3) is 0 Å². The van der Waals surface area contributed by atoms with Crippen molar-refractivity contribution in [2.45, 2.75) is 31.1 Å². The van der Waals surface area contributed by atoms with Gasteiger partial charge >= 0.3 is 0 Å². The molecule has 0 amide bonds. The van der Waals surface area contributed by atoms with Gasteiger partial charge in [-0.25, -0.2) is 4.39 Å². The fraction of sp³-hybridized carbons (Fsp3) is 0.250. The number of aryl methyl sites for hydroxylation is 1. The summed E-state index contributed by atoms with van der Waals surface area (Å²) in [6, 6.07) is 25.9. The monoisotopic (exact) mass is 427 g/mol. The Morgan fingerprint density at radius 1 is 0.833 bits per heavy atom. The summed E-state index contributed by atoms with van der Waals surface area (Å²) in [5, 5.41) is 0. The van der Waals surface area contributed by atoms with Crippen molar-refractivity contribution in [3.63, 3.8) is 0 Å². The maximum atomic E-state index is 14.7. The fourth-order valence-corrected chi connectivity index (χ4v) is 4.07. The molecule has 158 valence electrons. The second-order valence-electron chi connectivity index (χ2n) is 7.29. The van der Waals surface area contributed by atoms with Crippen LogP contribution in [0.4, 0.5) is 4.39 Å². The molecule has 0 fully saturated rings. The van der Waals surface area contributed by atoms with Crippen molar-refractivity contribution >= 4 is 10.1 Å². The smallest absolute Gasteiger partial charge is 0.292 e. The van der Waals surface area contributed by atoms with Gasteiger partial charge in [-0.1, -0.05) is 78.4 Å². The molecule has 0 aliphatic heterocycles. The Morgan fingerprint density at radius 3 is 1.83 bits per heavy atom. The fourth-order valence-electron chi connectivity index (χ4n) is 3.14. The second-order valence-corrected chi connectivity index (χ2v) is 8.91. The van der Waals surface area contributed by atoms with Crippen molar-refractivity contribution < 1.29 is 17.0 Å². The Hall–Kier alpha value is -2.54. The second kappa shape index (κ2) is 10.5. The maximum Gasteiger partial charge on any atom is 0.297 e. The normalized spacial score (nSPS) is 12.8. The molecular formula is C24H26FNO3S. The zero-order valence-electron chi connectivity index (χ0n) is 16.9. The lowest BCUT2D eigenvalue weighted by Crippen LogP contribution is -2.32. The Kier molecular flexibility index (Phi) is 7.74. The van der Waals surface area contributed by atoms with E-state index in [0.29, 0.717) is 13.1 Å². The van der Waals surface area contributed by atoms with Gasteiger partial charge in [-0.2, -0.15) is 8.42 Å². The van der Waals surface area contributed by atoms with Gasteiger partial charge in [-0.3, -0.25) is 9.08 Å². The summed E-state index contributed by atoms with van der Waals surface area (Å²) in [6.07, 6.45) is -1.45. The first kappa shape index (κ1) is 22.2. The summed E-state index contributed by atoms with van der Waals surface area (Å²) < 4.78 is 44.4. The molecule has 0 aliphatic carbocycles. The largest absolute Gasteiger partial charge is 0.297 e. The third-order valence-electron chi connectivity index (χ3n) is 4.67. The number of hydrogen-bond acceptors (Lipinski definition) is 4. The highest BCUT2D eigenvalue weighted by Crippen LogP contribution is 2.16. The minimum absolute atomic E-state index is 0.0331. The van der Waals surface area contributed by atoms with Crippen molar-refractivity contribution in [2.75, 3.05) is 13.2 Å². The summed E-state index contributed by atoms with van der Waals surface area (Å²) in [5.41, 5.74) is 3.07. The molecule has 3 aromatic carbocycles. The van der Waals surface area contributed by atoms with Gasteiger partial charge in [0.15, 0.2) is 0 Å². The Bertz CT molecular complexity index is 968. The number of hydrogen-bond donors (Lipinski definition) is 0. The van der Waals surface area contributed by atoms with Crippen molar-refractivity contribution in [1.29, 1.82) is 0 Å². The van der Waals surface area contributed by atoms with Crippen LogP contribution in [0.1, 0.15) is 16.7 Å². The van der Waals surface area contributed by atoms with Gasteiger partial charge in [0.25, 0.3) is 10.1 Å². The van der Waals surface area contributed by atoms with E-state index < -0.39 is 22.9 Å². The zero-order chi connectivity index (χ0) is 21.4. The third kappa shape index (κ3) is 6.76. The zero-order valence-corrected chi connectivity index (χ0v) is 17.8. The molecule has 1 atom stereocenters. The van der Waals surface area contributed by atoms with Gasteiger partial charge in [0.1, 0.15) is 6.17 Å². The molecule has 6 heteroatoms.